The highest BCUT2D eigenvalue weighted by atomic mass is 32.1. The minimum absolute atomic E-state index is 0.188. The van der Waals surface area contributed by atoms with Crippen molar-refractivity contribution in [3.8, 4) is 5.75 Å². The molecule has 1 amide bonds. The molecule has 0 unspecified atom stereocenters. The van der Waals surface area contributed by atoms with E-state index < -0.39 is 11.5 Å². The van der Waals surface area contributed by atoms with Gasteiger partial charge in [-0.2, -0.15) is 0 Å². The number of aromatic hydroxyl groups is 1. The van der Waals surface area contributed by atoms with E-state index in [9.17, 15) is 14.7 Å². The van der Waals surface area contributed by atoms with Gasteiger partial charge in [0.05, 0.1) is 16.8 Å². The van der Waals surface area contributed by atoms with Crippen LogP contribution in [0.25, 0.3) is 10.2 Å². The van der Waals surface area contributed by atoms with Crippen molar-refractivity contribution in [2.45, 2.75) is 20.4 Å². The van der Waals surface area contributed by atoms with Crippen LogP contribution in [0.15, 0.2) is 46.6 Å². The molecule has 0 spiro atoms. The van der Waals surface area contributed by atoms with Gasteiger partial charge in [-0.3, -0.25) is 9.59 Å². The number of hydrogen-bond acceptors (Lipinski definition) is 4. The average Bonchev–Trinajstić information content (AvgIpc) is 3.08. The second kappa shape index (κ2) is 7.11. The Morgan fingerprint density at radius 2 is 1.96 bits per heavy atom. The molecule has 3 aromatic rings. The maximum absolute atomic E-state index is 12.9. The van der Waals surface area contributed by atoms with Gasteiger partial charge in [0.2, 0.25) is 0 Å². The summed E-state index contributed by atoms with van der Waals surface area (Å²) in [6, 6.07) is 11.4. The Hall–Kier alpha value is -2.60. The molecule has 0 aliphatic rings. The van der Waals surface area contributed by atoms with Crippen LogP contribution in [-0.2, 0) is 6.54 Å². The van der Waals surface area contributed by atoms with E-state index in [1.54, 1.807) is 16.0 Å². The smallest absolute Gasteiger partial charge is 0.268 e. The molecule has 2 N–H and O–H groups in total. The summed E-state index contributed by atoms with van der Waals surface area (Å²) >= 11 is 1.31. The zero-order chi connectivity index (χ0) is 18.0. The molecule has 0 saturated carbocycles. The maximum atomic E-state index is 12.9. The first-order valence-electron chi connectivity index (χ1n) is 8.14. The van der Waals surface area contributed by atoms with Gasteiger partial charge in [-0.15, -0.1) is 11.3 Å². The quantitative estimate of drug-likeness (QED) is 0.737. The molecule has 1 aromatic carbocycles. The van der Waals surface area contributed by atoms with Crippen molar-refractivity contribution < 1.29 is 9.90 Å². The van der Waals surface area contributed by atoms with Crippen LogP contribution in [0.1, 0.15) is 29.8 Å². The third-order valence-electron chi connectivity index (χ3n) is 3.93. The lowest BCUT2D eigenvalue weighted by Gasteiger charge is -2.13. The van der Waals surface area contributed by atoms with Crippen molar-refractivity contribution in [3.63, 3.8) is 0 Å². The molecule has 2 heterocycles. The normalized spacial score (nSPS) is 11.2. The van der Waals surface area contributed by atoms with Crippen LogP contribution in [0.4, 0.5) is 0 Å². The Morgan fingerprint density at radius 1 is 1.24 bits per heavy atom. The Labute approximate surface area is 149 Å². The number of benzene rings is 1. The molecule has 0 saturated heterocycles. The SMILES string of the molecule is CC(C)CNC(=O)c1c(O)c2sccc2n(Cc2ccccc2)c1=O. The van der Waals surface area contributed by atoms with Crippen molar-refractivity contribution in [2.24, 2.45) is 5.92 Å². The van der Waals surface area contributed by atoms with Crippen LogP contribution in [-0.4, -0.2) is 22.1 Å². The van der Waals surface area contributed by atoms with E-state index in [1.807, 2.05) is 44.2 Å². The van der Waals surface area contributed by atoms with E-state index in [0.717, 1.165) is 5.56 Å². The summed E-state index contributed by atoms with van der Waals surface area (Å²) in [5, 5.41) is 15.0. The number of carbonyl (C=O) groups is 1. The maximum Gasteiger partial charge on any atom is 0.268 e. The zero-order valence-corrected chi connectivity index (χ0v) is 15.0. The minimum Gasteiger partial charge on any atom is -0.505 e. The summed E-state index contributed by atoms with van der Waals surface area (Å²) in [5.74, 6) is -0.517. The molecule has 5 nitrogen and oxygen atoms in total. The van der Waals surface area contributed by atoms with Gasteiger partial charge in [0.1, 0.15) is 5.56 Å². The topological polar surface area (TPSA) is 71.3 Å². The van der Waals surface area contributed by atoms with Crippen LogP contribution >= 0.6 is 11.3 Å². The van der Waals surface area contributed by atoms with Crippen molar-refractivity contribution in [1.82, 2.24) is 9.88 Å². The molecule has 3 rings (SSSR count). The van der Waals surface area contributed by atoms with Crippen LogP contribution in [0.2, 0.25) is 0 Å². The second-order valence-corrected chi connectivity index (χ2v) is 7.26. The van der Waals surface area contributed by atoms with Gasteiger partial charge < -0.3 is 15.0 Å². The standard InChI is InChI=1S/C19H20N2O3S/c1-12(2)10-20-18(23)15-16(22)17-14(8-9-25-17)21(19(15)24)11-13-6-4-3-5-7-13/h3-9,12,22H,10-11H2,1-2H3,(H,20,23). The number of thiophene rings is 1. The third-order valence-corrected chi connectivity index (χ3v) is 4.84. The van der Waals surface area contributed by atoms with Gasteiger partial charge in [0, 0.05) is 6.54 Å². The zero-order valence-electron chi connectivity index (χ0n) is 14.2. The molecule has 0 fully saturated rings. The van der Waals surface area contributed by atoms with Crippen LogP contribution in [0, 0.1) is 5.92 Å². The summed E-state index contributed by atoms with van der Waals surface area (Å²) in [7, 11) is 0. The Balaban J connectivity index is 2.12. The first-order valence-corrected chi connectivity index (χ1v) is 9.02. The van der Waals surface area contributed by atoms with Gasteiger partial charge in [-0.25, -0.2) is 0 Å². The fourth-order valence-corrected chi connectivity index (χ4v) is 3.51. The predicted molar refractivity (Wildman–Crippen MR) is 100 cm³/mol. The fraction of sp³-hybridized carbons (Fsp3) is 0.263. The molecule has 6 heteroatoms. The molecule has 0 bridgehead atoms. The molecule has 2 aromatic heterocycles. The summed E-state index contributed by atoms with van der Waals surface area (Å²) < 4.78 is 2.09. The van der Waals surface area contributed by atoms with Crippen molar-refractivity contribution in [1.29, 1.82) is 0 Å². The fourth-order valence-electron chi connectivity index (χ4n) is 2.66. The molecule has 0 aliphatic heterocycles. The van der Waals surface area contributed by atoms with E-state index in [1.165, 1.54) is 11.3 Å². The number of nitrogens with one attached hydrogen (secondary N) is 1. The lowest BCUT2D eigenvalue weighted by Crippen LogP contribution is -2.35. The first-order chi connectivity index (χ1) is 12.0. The second-order valence-electron chi connectivity index (χ2n) is 6.34. The average molecular weight is 356 g/mol. The molecule has 130 valence electrons. The monoisotopic (exact) mass is 356 g/mol. The number of fused-ring (bicyclic) bond motifs is 1. The highest BCUT2D eigenvalue weighted by Crippen LogP contribution is 2.31. The predicted octanol–water partition coefficient (Wildman–Crippen LogP) is 3.20. The number of aromatic nitrogens is 1. The van der Waals surface area contributed by atoms with Gasteiger partial charge in [-0.1, -0.05) is 44.2 Å². The summed E-state index contributed by atoms with van der Waals surface area (Å²) in [5.41, 5.74) is 0.924. The van der Waals surface area contributed by atoms with E-state index in [2.05, 4.69) is 5.32 Å². The van der Waals surface area contributed by atoms with E-state index in [4.69, 9.17) is 0 Å². The highest BCUT2D eigenvalue weighted by molar-refractivity contribution is 7.17. The highest BCUT2D eigenvalue weighted by Gasteiger charge is 2.23. The number of nitrogens with zero attached hydrogens (tertiary/aromatic N) is 1. The molecule has 0 atom stereocenters. The molecule has 25 heavy (non-hydrogen) atoms. The summed E-state index contributed by atoms with van der Waals surface area (Å²) in [4.78, 5) is 25.4. The van der Waals surface area contributed by atoms with Crippen molar-refractivity contribution >= 4 is 27.5 Å². The number of rotatable bonds is 5. The van der Waals surface area contributed by atoms with Gasteiger partial charge >= 0.3 is 0 Å². The molecule has 0 radical (unpaired) electrons. The van der Waals surface area contributed by atoms with Crippen molar-refractivity contribution in [2.75, 3.05) is 6.54 Å². The van der Waals surface area contributed by atoms with E-state index in [0.29, 0.717) is 23.3 Å². The first kappa shape index (κ1) is 17.2. The van der Waals surface area contributed by atoms with Gasteiger partial charge in [0.25, 0.3) is 11.5 Å². The van der Waals surface area contributed by atoms with Crippen LogP contribution in [0.5, 0.6) is 5.75 Å². The van der Waals surface area contributed by atoms with E-state index in [-0.39, 0.29) is 17.2 Å². The Morgan fingerprint density at radius 3 is 2.64 bits per heavy atom. The Kier molecular flexibility index (Phi) is 4.90. The number of amides is 1. The summed E-state index contributed by atoms with van der Waals surface area (Å²) in [6.07, 6.45) is 0. The van der Waals surface area contributed by atoms with Gasteiger partial charge in [0.15, 0.2) is 5.75 Å². The van der Waals surface area contributed by atoms with Crippen LogP contribution < -0.4 is 10.9 Å². The number of carbonyl (C=O) groups excluding carboxylic acids is 1. The number of hydrogen-bond donors (Lipinski definition) is 2. The lowest BCUT2D eigenvalue weighted by molar-refractivity contribution is 0.0944. The largest absolute Gasteiger partial charge is 0.505 e. The minimum atomic E-state index is -0.534. The summed E-state index contributed by atoms with van der Waals surface area (Å²) in [6.45, 7) is 4.73. The third kappa shape index (κ3) is 3.44. The Bertz CT molecular complexity index is 958. The van der Waals surface area contributed by atoms with Gasteiger partial charge in [-0.05, 0) is 22.9 Å². The van der Waals surface area contributed by atoms with Crippen LogP contribution in [0.3, 0.4) is 0 Å². The number of pyridine rings is 1. The molecular weight excluding hydrogens is 336 g/mol. The molecular formula is C19H20N2O3S. The lowest BCUT2D eigenvalue weighted by atomic mass is 10.1. The van der Waals surface area contributed by atoms with E-state index >= 15 is 0 Å². The molecule has 0 aliphatic carbocycles. The van der Waals surface area contributed by atoms with Crippen molar-refractivity contribution in [3.05, 3.63) is 63.3 Å².